The third-order valence-electron chi connectivity index (χ3n) is 3.04. The molecule has 1 amide bonds. The summed E-state index contributed by atoms with van der Waals surface area (Å²) >= 11 is 6.28. The van der Waals surface area contributed by atoms with Crippen molar-refractivity contribution >= 4 is 34.2 Å². The molecule has 20 heavy (non-hydrogen) atoms. The van der Waals surface area contributed by atoms with Gasteiger partial charge in [-0.1, -0.05) is 35.6 Å². The fourth-order valence-corrected chi connectivity index (χ4v) is 3.01. The van der Waals surface area contributed by atoms with Crippen molar-refractivity contribution in [3.8, 4) is 11.5 Å². The van der Waals surface area contributed by atoms with Crippen molar-refractivity contribution in [2.75, 3.05) is 7.11 Å². The molecule has 0 spiro atoms. The molecule has 1 aromatic carbocycles. The molecule has 2 N–H and O–H groups in total. The number of phenols is 1. The fourth-order valence-electron chi connectivity index (χ4n) is 1.92. The van der Waals surface area contributed by atoms with Crippen LogP contribution in [-0.2, 0) is 11.2 Å². The summed E-state index contributed by atoms with van der Waals surface area (Å²) in [5.41, 5.74) is 2.06. The molecule has 1 fully saturated rings. The zero-order valence-electron chi connectivity index (χ0n) is 11.2. The van der Waals surface area contributed by atoms with Gasteiger partial charge in [0.1, 0.15) is 4.32 Å². The molecule has 6 heteroatoms. The normalized spacial score (nSPS) is 17.1. The van der Waals surface area contributed by atoms with Crippen molar-refractivity contribution in [1.82, 2.24) is 5.32 Å². The number of aromatic hydroxyl groups is 1. The van der Waals surface area contributed by atoms with Crippen LogP contribution in [-0.4, -0.2) is 22.4 Å². The van der Waals surface area contributed by atoms with Crippen molar-refractivity contribution < 1.29 is 14.6 Å². The summed E-state index contributed by atoms with van der Waals surface area (Å²) in [6.07, 6.45) is 1.53. The number of carbonyl (C=O) groups is 1. The molecule has 1 aliphatic heterocycles. The Morgan fingerprint density at radius 1 is 1.50 bits per heavy atom. The van der Waals surface area contributed by atoms with Crippen LogP contribution in [0, 0.1) is 0 Å². The smallest absolute Gasteiger partial charge is 0.263 e. The van der Waals surface area contributed by atoms with E-state index in [2.05, 4.69) is 5.32 Å². The number of methoxy groups -OCH3 is 1. The van der Waals surface area contributed by atoms with Gasteiger partial charge in [-0.2, -0.15) is 0 Å². The van der Waals surface area contributed by atoms with Crippen LogP contribution in [0.1, 0.15) is 18.9 Å². The largest absolute Gasteiger partial charge is 0.504 e. The molecule has 2 rings (SSSR count). The van der Waals surface area contributed by atoms with Crippen LogP contribution in [0.15, 0.2) is 28.7 Å². The first kappa shape index (κ1) is 14.9. The molecule has 0 saturated carbocycles. The van der Waals surface area contributed by atoms with Crippen LogP contribution >= 0.6 is 24.0 Å². The zero-order chi connectivity index (χ0) is 14.7. The highest BCUT2D eigenvalue weighted by molar-refractivity contribution is 8.26. The number of ether oxygens (including phenoxy) is 1. The van der Waals surface area contributed by atoms with Crippen LogP contribution in [0.2, 0.25) is 0 Å². The van der Waals surface area contributed by atoms with Crippen molar-refractivity contribution in [3.63, 3.8) is 0 Å². The summed E-state index contributed by atoms with van der Waals surface area (Å²) < 4.78 is 5.59. The number of thiocarbonyl (C=S) groups is 1. The van der Waals surface area contributed by atoms with Crippen LogP contribution in [0.5, 0.6) is 11.5 Å². The Labute approximate surface area is 127 Å². The molecule has 0 aliphatic carbocycles. The molecule has 0 aromatic heterocycles. The second-order valence-corrected chi connectivity index (χ2v) is 6.15. The number of aryl methyl sites for hydroxylation is 1. The van der Waals surface area contributed by atoms with Crippen LogP contribution in [0.3, 0.4) is 0 Å². The maximum absolute atomic E-state index is 11.7. The van der Waals surface area contributed by atoms with Crippen molar-refractivity contribution in [3.05, 3.63) is 34.2 Å². The lowest BCUT2D eigenvalue weighted by atomic mass is 10.0. The lowest BCUT2D eigenvalue weighted by molar-refractivity contribution is -0.115. The molecule has 1 heterocycles. The minimum Gasteiger partial charge on any atom is -0.504 e. The van der Waals surface area contributed by atoms with Gasteiger partial charge in [-0.3, -0.25) is 4.79 Å². The number of allylic oxidation sites excluding steroid dienone is 1. The van der Waals surface area contributed by atoms with Gasteiger partial charge in [0.05, 0.1) is 12.0 Å². The number of hydrogen-bond donors (Lipinski definition) is 2. The Morgan fingerprint density at radius 2 is 2.25 bits per heavy atom. The van der Waals surface area contributed by atoms with Crippen LogP contribution < -0.4 is 10.1 Å². The van der Waals surface area contributed by atoms with Gasteiger partial charge in [-0.05, 0) is 37.5 Å². The zero-order valence-corrected chi connectivity index (χ0v) is 12.9. The molecule has 0 atom stereocenters. The average molecular weight is 309 g/mol. The Hall–Kier alpha value is -1.53. The van der Waals surface area contributed by atoms with E-state index in [4.69, 9.17) is 17.0 Å². The van der Waals surface area contributed by atoms with Gasteiger partial charge in [0, 0.05) is 0 Å². The average Bonchev–Trinajstić information content (AvgIpc) is 2.76. The highest BCUT2D eigenvalue weighted by atomic mass is 32.2. The molecular formula is C14H15NO3S2. The SMILES string of the molecule is COc1cc(CC/C(C)=C2\SC(=S)NC2=O)ccc1O. The van der Waals surface area contributed by atoms with Crippen LogP contribution in [0.4, 0.5) is 0 Å². The van der Waals surface area contributed by atoms with E-state index in [-0.39, 0.29) is 11.7 Å². The topological polar surface area (TPSA) is 58.6 Å². The highest BCUT2D eigenvalue weighted by Crippen LogP contribution is 2.30. The van der Waals surface area contributed by atoms with E-state index in [0.717, 1.165) is 24.0 Å². The number of thioether (sulfide) groups is 1. The molecule has 0 bridgehead atoms. The summed E-state index contributed by atoms with van der Waals surface area (Å²) in [6, 6.07) is 5.27. The van der Waals surface area contributed by atoms with Gasteiger partial charge in [-0.25, -0.2) is 0 Å². The molecule has 0 unspecified atom stereocenters. The van der Waals surface area contributed by atoms with Crippen molar-refractivity contribution in [2.24, 2.45) is 0 Å². The predicted octanol–water partition coefficient (Wildman–Crippen LogP) is 2.76. The molecule has 1 saturated heterocycles. The Kier molecular flexibility index (Phi) is 4.67. The van der Waals surface area contributed by atoms with Gasteiger partial charge in [-0.15, -0.1) is 0 Å². The lowest BCUT2D eigenvalue weighted by Gasteiger charge is -2.07. The van der Waals surface area contributed by atoms with E-state index < -0.39 is 0 Å². The van der Waals surface area contributed by atoms with Crippen LogP contribution in [0.25, 0.3) is 0 Å². The number of carbonyl (C=O) groups excluding carboxylic acids is 1. The fraction of sp³-hybridized carbons (Fsp3) is 0.286. The number of hydrogen-bond acceptors (Lipinski definition) is 5. The lowest BCUT2D eigenvalue weighted by Crippen LogP contribution is -2.18. The molecule has 106 valence electrons. The van der Waals surface area contributed by atoms with Gasteiger partial charge >= 0.3 is 0 Å². The summed E-state index contributed by atoms with van der Waals surface area (Å²) in [7, 11) is 1.52. The van der Waals surface area contributed by atoms with Crippen molar-refractivity contribution in [2.45, 2.75) is 19.8 Å². The maximum atomic E-state index is 11.7. The minimum absolute atomic E-state index is 0.110. The molecular weight excluding hydrogens is 294 g/mol. The van der Waals surface area contributed by atoms with E-state index >= 15 is 0 Å². The predicted molar refractivity (Wildman–Crippen MR) is 84.0 cm³/mol. The molecule has 0 radical (unpaired) electrons. The summed E-state index contributed by atoms with van der Waals surface area (Å²) in [5.74, 6) is 0.477. The molecule has 1 aliphatic rings. The standard InChI is InChI=1S/C14H15NO3S2/c1-8(12-13(17)15-14(19)20-12)3-4-9-5-6-10(16)11(7-9)18-2/h5-7,16H,3-4H2,1-2H3,(H,15,17,19)/b12-8-. The number of nitrogens with one attached hydrogen (secondary N) is 1. The van der Waals surface area contributed by atoms with E-state index in [1.165, 1.54) is 18.9 Å². The maximum Gasteiger partial charge on any atom is 0.263 e. The summed E-state index contributed by atoms with van der Waals surface area (Å²) in [4.78, 5) is 12.3. The van der Waals surface area contributed by atoms with E-state index in [1.54, 1.807) is 12.1 Å². The first-order valence-corrected chi connectivity index (χ1v) is 7.32. The first-order chi connectivity index (χ1) is 9.51. The number of phenolic OH excluding ortho intramolecular Hbond substituents is 1. The molecule has 4 nitrogen and oxygen atoms in total. The van der Waals surface area contributed by atoms with E-state index in [9.17, 15) is 9.90 Å². The van der Waals surface area contributed by atoms with Gasteiger partial charge in [0.25, 0.3) is 5.91 Å². The second-order valence-electron chi connectivity index (χ2n) is 4.46. The third-order valence-corrected chi connectivity index (χ3v) is 4.41. The second kappa shape index (κ2) is 6.28. The highest BCUT2D eigenvalue weighted by Gasteiger charge is 2.24. The first-order valence-electron chi connectivity index (χ1n) is 6.10. The summed E-state index contributed by atoms with van der Waals surface area (Å²) in [6.45, 7) is 1.94. The Morgan fingerprint density at radius 3 is 2.85 bits per heavy atom. The van der Waals surface area contributed by atoms with Gasteiger partial charge in [0.15, 0.2) is 11.5 Å². The molecule has 1 aromatic rings. The Bertz CT molecular complexity index is 596. The number of rotatable bonds is 4. The van der Waals surface area contributed by atoms with Gasteiger partial charge < -0.3 is 15.2 Å². The van der Waals surface area contributed by atoms with Gasteiger partial charge in [0.2, 0.25) is 0 Å². The Balaban J connectivity index is 2.07. The van der Waals surface area contributed by atoms with E-state index in [1.807, 2.05) is 13.0 Å². The monoisotopic (exact) mass is 309 g/mol. The number of amides is 1. The van der Waals surface area contributed by atoms with E-state index in [0.29, 0.717) is 15.0 Å². The quantitative estimate of drug-likeness (QED) is 0.661. The number of benzene rings is 1. The third kappa shape index (κ3) is 3.32. The summed E-state index contributed by atoms with van der Waals surface area (Å²) in [5, 5.41) is 12.2. The minimum atomic E-state index is -0.110. The van der Waals surface area contributed by atoms with Crippen molar-refractivity contribution in [1.29, 1.82) is 0 Å².